The van der Waals surface area contributed by atoms with Crippen LogP contribution in [-0.4, -0.2) is 17.7 Å². The molecule has 0 radical (unpaired) electrons. The van der Waals surface area contributed by atoms with Gasteiger partial charge in [-0.05, 0) is 61.7 Å². The van der Waals surface area contributed by atoms with Crippen LogP contribution in [0.25, 0.3) is 0 Å². The van der Waals surface area contributed by atoms with Crippen LogP contribution in [0.15, 0.2) is 46.9 Å². The lowest BCUT2D eigenvalue weighted by Gasteiger charge is -2.09. The molecule has 1 aliphatic carbocycles. The molecule has 26 heavy (non-hydrogen) atoms. The molecule has 0 aromatic heterocycles. The van der Waals surface area contributed by atoms with Gasteiger partial charge in [-0.3, -0.25) is 25.2 Å². The van der Waals surface area contributed by atoms with E-state index in [2.05, 4.69) is 32.1 Å². The van der Waals surface area contributed by atoms with Crippen LogP contribution in [0.4, 0.5) is 5.69 Å². The Morgan fingerprint density at radius 1 is 0.923 bits per heavy atom. The van der Waals surface area contributed by atoms with Gasteiger partial charge in [-0.1, -0.05) is 22.0 Å². The van der Waals surface area contributed by atoms with Gasteiger partial charge in [0.2, 0.25) is 5.91 Å². The first-order valence-corrected chi connectivity index (χ1v) is 9.01. The van der Waals surface area contributed by atoms with E-state index in [9.17, 15) is 14.4 Å². The number of benzene rings is 2. The van der Waals surface area contributed by atoms with Gasteiger partial charge in [-0.15, -0.1) is 0 Å². The molecular weight excluding hydrogens is 398 g/mol. The van der Waals surface area contributed by atoms with Crippen molar-refractivity contribution in [1.82, 2.24) is 10.9 Å². The maximum absolute atomic E-state index is 12.1. The van der Waals surface area contributed by atoms with Crippen molar-refractivity contribution in [3.05, 3.63) is 63.6 Å². The minimum Gasteiger partial charge on any atom is -0.326 e. The van der Waals surface area contributed by atoms with Crippen molar-refractivity contribution in [2.24, 2.45) is 5.92 Å². The zero-order valence-corrected chi connectivity index (χ0v) is 15.7. The number of amides is 3. The molecule has 1 saturated carbocycles. The summed E-state index contributed by atoms with van der Waals surface area (Å²) in [5.74, 6) is -0.717. The lowest BCUT2D eigenvalue weighted by molar-refractivity contribution is -0.117. The van der Waals surface area contributed by atoms with Crippen molar-refractivity contribution in [2.75, 3.05) is 5.32 Å². The highest BCUT2D eigenvalue weighted by Gasteiger charge is 2.29. The zero-order chi connectivity index (χ0) is 18.7. The molecule has 0 heterocycles. The van der Waals surface area contributed by atoms with Crippen molar-refractivity contribution in [3.63, 3.8) is 0 Å². The molecule has 0 saturated heterocycles. The van der Waals surface area contributed by atoms with Crippen LogP contribution in [0.2, 0.25) is 0 Å². The molecule has 3 amide bonds. The average Bonchev–Trinajstić information content (AvgIpc) is 3.47. The Morgan fingerprint density at radius 3 is 2.08 bits per heavy atom. The fourth-order valence-electron chi connectivity index (χ4n) is 2.29. The summed E-state index contributed by atoms with van der Waals surface area (Å²) < 4.78 is 0.820. The number of hydrogen-bond donors (Lipinski definition) is 3. The Bertz CT molecular complexity index is 861. The van der Waals surface area contributed by atoms with Crippen molar-refractivity contribution < 1.29 is 14.4 Å². The summed E-state index contributed by atoms with van der Waals surface area (Å²) in [7, 11) is 0. The normalized spacial score (nSPS) is 13.0. The Balaban J connectivity index is 1.54. The predicted molar refractivity (Wildman–Crippen MR) is 102 cm³/mol. The number of carbonyl (C=O) groups is 3. The Hall–Kier alpha value is -2.67. The Morgan fingerprint density at radius 2 is 1.50 bits per heavy atom. The largest absolute Gasteiger partial charge is 0.326 e. The number of aryl methyl sites for hydroxylation is 1. The van der Waals surface area contributed by atoms with Gasteiger partial charge < -0.3 is 5.32 Å². The third-order valence-corrected chi connectivity index (χ3v) is 4.94. The molecule has 0 aliphatic heterocycles. The van der Waals surface area contributed by atoms with Crippen molar-refractivity contribution in [1.29, 1.82) is 0 Å². The van der Waals surface area contributed by atoms with Gasteiger partial charge >= 0.3 is 0 Å². The number of halogens is 1. The van der Waals surface area contributed by atoms with Gasteiger partial charge in [0.15, 0.2) is 0 Å². The standard InChI is InChI=1S/C19H18BrN3O3/c1-11-2-3-14(10-16(11)20)19(26)23-22-18(25)13-6-8-15(9-7-13)21-17(24)12-4-5-12/h2-3,6-10,12H,4-5H2,1H3,(H,21,24)(H,22,25)(H,23,26). The van der Waals surface area contributed by atoms with E-state index < -0.39 is 11.8 Å². The van der Waals surface area contributed by atoms with Crippen LogP contribution in [0.5, 0.6) is 0 Å². The molecule has 2 aromatic carbocycles. The second-order valence-electron chi connectivity index (χ2n) is 6.21. The van der Waals surface area contributed by atoms with Crippen LogP contribution < -0.4 is 16.2 Å². The summed E-state index contributed by atoms with van der Waals surface area (Å²) in [5, 5.41) is 2.81. The number of hydrazine groups is 1. The second kappa shape index (κ2) is 7.70. The number of anilines is 1. The molecule has 3 N–H and O–H groups in total. The van der Waals surface area contributed by atoms with E-state index >= 15 is 0 Å². The van der Waals surface area contributed by atoms with Crippen LogP contribution in [-0.2, 0) is 4.79 Å². The molecule has 6 nitrogen and oxygen atoms in total. The molecule has 0 spiro atoms. The van der Waals surface area contributed by atoms with E-state index in [0.29, 0.717) is 16.8 Å². The molecule has 2 aromatic rings. The third kappa shape index (κ3) is 4.49. The topological polar surface area (TPSA) is 87.3 Å². The van der Waals surface area contributed by atoms with Crippen LogP contribution in [0.1, 0.15) is 39.1 Å². The van der Waals surface area contributed by atoms with Crippen LogP contribution >= 0.6 is 15.9 Å². The van der Waals surface area contributed by atoms with E-state index in [1.54, 1.807) is 36.4 Å². The summed E-state index contributed by atoms with van der Waals surface area (Å²) in [4.78, 5) is 35.9. The molecule has 1 aliphatic rings. The summed E-state index contributed by atoms with van der Waals surface area (Å²) in [6.45, 7) is 1.92. The first kappa shape index (κ1) is 18.1. The molecule has 1 fully saturated rings. The maximum Gasteiger partial charge on any atom is 0.269 e. The lowest BCUT2D eigenvalue weighted by Crippen LogP contribution is -2.41. The first-order chi connectivity index (χ1) is 12.4. The molecule has 0 atom stereocenters. The van der Waals surface area contributed by atoms with Gasteiger partial charge in [-0.25, -0.2) is 0 Å². The minimum absolute atomic E-state index is 0.0127. The van der Waals surface area contributed by atoms with Crippen molar-refractivity contribution in [2.45, 2.75) is 19.8 Å². The number of hydrogen-bond acceptors (Lipinski definition) is 3. The number of nitrogens with one attached hydrogen (secondary N) is 3. The van der Waals surface area contributed by atoms with E-state index in [0.717, 1.165) is 22.9 Å². The third-order valence-electron chi connectivity index (χ3n) is 4.09. The molecule has 134 valence electrons. The summed E-state index contributed by atoms with van der Waals surface area (Å²) in [6, 6.07) is 11.7. The van der Waals surface area contributed by atoms with E-state index in [4.69, 9.17) is 0 Å². The molecule has 3 rings (SSSR count). The maximum atomic E-state index is 12.1. The van der Waals surface area contributed by atoms with Gasteiger partial charge in [0, 0.05) is 27.2 Å². The van der Waals surface area contributed by atoms with Gasteiger partial charge in [0.1, 0.15) is 0 Å². The van der Waals surface area contributed by atoms with E-state index in [1.165, 1.54) is 0 Å². The first-order valence-electron chi connectivity index (χ1n) is 8.22. The number of carbonyl (C=O) groups excluding carboxylic acids is 3. The van der Waals surface area contributed by atoms with Crippen LogP contribution in [0, 0.1) is 12.8 Å². The lowest BCUT2D eigenvalue weighted by atomic mass is 10.1. The monoisotopic (exact) mass is 415 g/mol. The van der Waals surface area contributed by atoms with E-state index in [1.807, 2.05) is 13.0 Å². The highest BCUT2D eigenvalue weighted by molar-refractivity contribution is 9.10. The fourth-order valence-corrected chi connectivity index (χ4v) is 2.67. The van der Waals surface area contributed by atoms with Crippen molar-refractivity contribution in [3.8, 4) is 0 Å². The molecular formula is C19H18BrN3O3. The van der Waals surface area contributed by atoms with Crippen molar-refractivity contribution >= 4 is 39.3 Å². The molecule has 7 heteroatoms. The Kier molecular flexibility index (Phi) is 5.37. The minimum atomic E-state index is -0.440. The average molecular weight is 416 g/mol. The second-order valence-corrected chi connectivity index (χ2v) is 7.07. The van der Waals surface area contributed by atoms with E-state index in [-0.39, 0.29) is 11.8 Å². The summed E-state index contributed by atoms with van der Waals surface area (Å²) in [5.41, 5.74) is 7.23. The van der Waals surface area contributed by atoms with Gasteiger partial charge in [0.25, 0.3) is 11.8 Å². The number of rotatable bonds is 4. The fraction of sp³-hybridized carbons (Fsp3) is 0.211. The SMILES string of the molecule is Cc1ccc(C(=O)NNC(=O)c2ccc(NC(=O)C3CC3)cc2)cc1Br. The quantitative estimate of drug-likeness (QED) is 0.670. The smallest absolute Gasteiger partial charge is 0.269 e. The summed E-state index contributed by atoms with van der Waals surface area (Å²) in [6.07, 6.45) is 1.87. The molecule has 0 unspecified atom stereocenters. The van der Waals surface area contributed by atoms with Gasteiger partial charge in [0.05, 0.1) is 0 Å². The molecule has 0 bridgehead atoms. The Labute approximate surface area is 159 Å². The van der Waals surface area contributed by atoms with Gasteiger partial charge in [-0.2, -0.15) is 0 Å². The van der Waals surface area contributed by atoms with Crippen LogP contribution in [0.3, 0.4) is 0 Å². The summed E-state index contributed by atoms with van der Waals surface area (Å²) >= 11 is 3.37. The zero-order valence-electron chi connectivity index (χ0n) is 14.1. The highest BCUT2D eigenvalue weighted by Crippen LogP contribution is 2.30. The predicted octanol–water partition coefficient (Wildman–Crippen LogP) is 3.18. The highest BCUT2D eigenvalue weighted by atomic mass is 79.9.